The van der Waals surface area contributed by atoms with Crippen LogP contribution in [0.15, 0.2) is 18.3 Å². The molecule has 1 N–H and O–H groups in total. The van der Waals surface area contributed by atoms with Gasteiger partial charge < -0.3 is 10.0 Å². The average molecular weight is 300 g/mol. The molecule has 4 nitrogen and oxygen atoms in total. The van der Waals surface area contributed by atoms with Gasteiger partial charge in [0.1, 0.15) is 0 Å². The fourth-order valence-corrected chi connectivity index (χ4v) is 3.50. The minimum Gasteiger partial charge on any atom is -0.481 e. The van der Waals surface area contributed by atoms with Gasteiger partial charge in [-0.1, -0.05) is 6.42 Å². The van der Waals surface area contributed by atoms with Gasteiger partial charge in [0.2, 0.25) is 0 Å². The highest BCUT2D eigenvalue weighted by Crippen LogP contribution is 2.53. The van der Waals surface area contributed by atoms with Crippen molar-refractivity contribution >= 4 is 11.7 Å². The van der Waals surface area contributed by atoms with Gasteiger partial charge in [0.25, 0.3) is 0 Å². The standard InChI is InChI=1S/C14H15F3N2O2/c15-14(16,17)11-10(3-1-6-18-11)19-7-9(12(20)21)13(8-19)4-2-5-13/h1,3,6,9H,2,4-5,7-8H2,(H,20,21). The van der Waals surface area contributed by atoms with Crippen LogP contribution < -0.4 is 4.90 Å². The van der Waals surface area contributed by atoms with Crippen molar-refractivity contribution in [2.24, 2.45) is 11.3 Å². The average Bonchev–Trinajstić information content (AvgIpc) is 2.78. The second-order valence-electron chi connectivity index (χ2n) is 5.86. The van der Waals surface area contributed by atoms with Gasteiger partial charge in [0.05, 0.1) is 11.6 Å². The summed E-state index contributed by atoms with van der Waals surface area (Å²) in [6.07, 6.45) is -0.957. The second kappa shape index (κ2) is 4.61. The Morgan fingerprint density at radius 1 is 1.43 bits per heavy atom. The summed E-state index contributed by atoms with van der Waals surface area (Å²) in [6, 6.07) is 2.82. The van der Waals surface area contributed by atoms with Crippen LogP contribution in [0.4, 0.5) is 18.9 Å². The molecule has 1 aliphatic carbocycles. The smallest absolute Gasteiger partial charge is 0.435 e. The van der Waals surface area contributed by atoms with Crippen LogP contribution in [0.1, 0.15) is 25.0 Å². The molecule has 1 aliphatic heterocycles. The number of nitrogens with zero attached hydrogens (tertiary/aromatic N) is 2. The van der Waals surface area contributed by atoms with E-state index in [-0.39, 0.29) is 17.6 Å². The first-order valence-corrected chi connectivity index (χ1v) is 6.83. The zero-order valence-electron chi connectivity index (χ0n) is 11.2. The predicted molar refractivity (Wildman–Crippen MR) is 68.9 cm³/mol. The number of carbonyl (C=O) groups is 1. The first-order valence-electron chi connectivity index (χ1n) is 6.83. The van der Waals surface area contributed by atoms with E-state index >= 15 is 0 Å². The van der Waals surface area contributed by atoms with Crippen LogP contribution in [0.25, 0.3) is 0 Å². The zero-order chi connectivity index (χ0) is 15.3. The van der Waals surface area contributed by atoms with Gasteiger partial charge in [-0.3, -0.25) is 4.79 Å². The number of hydrogen-bond acceptors (Lipinski definition) is 3. The number of halogens is 3. The quantitative estimate of drug-likeness (QED) is 0.912. The Labute approximate surface area is 119 Å². The highest BCUT2D eigenvalue weighted by molar-refractivity contribution is 5.74. The third-order valence-electron chi connectivity index (χ3n) is 4.69. The molecule has 2 aliphatic rings. The summed E-state index contributed by atoms with van der Waals surface area (Å²) < 4.78 is 39.1. The van der Waals surface area contributed by atoms with Gasteiger partial charge in [0, 0.05) is 24.7 Å². The lowest BCUT2D eigenvalue weighted by atomic mass is 9.63. The maximum absolute atomic E-state index is 13.0. The molecule has 2 fully saturated rings. The van der Waals surface area contributed by atoms with Crippen molar-refractivity contribution < 1.29 is 23.1 Å². The molecule has 0 bridgehead atoms. The summed E-state index contributed by atoms with van der Waals surface area (Å²) in [7, 11) is 0. The third kappa shape index (κ3) is 2.24. The van der Waals surface area contributed by atoms with Crippen molar-refractivity contribution in [3.05, 3.63) is 24.0 Å². The number of hydrogen-bond donors (Lipinski definition) is 1. The molecule has 2 heterocycles. The van der Waals surface area contributed by atoms with Crippen molar-refractivity contribution in [2.45, 2.75) is 25.4 Å². The van der Waals surface area contributed by atoms with Crippen molar-refractivity contribution in [3.63, 3.8) is 0 Å². The predicted octanol–water partition coefficient (Wildman–Crippen LogP) is 2.79. The second-order valence-corrected chi connectivity index (χ2v) is 5.86. The first-order chi connectivity index (χ1) is 9.83. The number of pyridine rings is 1. The molecule has 1 aromatic heterocycles. The molecule has 21 heavy (non-hydrogen) atoms. The van der Waals surface area contributed by atoms with E-state index in [1.54, 1.807) is 0 Å². The topological polar surface area (TPSA) is 53.4 Å². The molecular formula is C14H15F3N2O2. The molecule has 1 unspecified atom stereocenters. The molecular weight excluding hydrogens is 285 g/mol. The fraction of sp³-hybridized carbons (Fsp3) is 0.571. The minimum atomic E-state index is -4.54. The van der Waals surface area contributed by atoms with Crippen LogP contribution in [0.2, 0.25) is 0 Å². The van der Waals surface area contributed by atoms with Crippen LogP contribution in [0.5, 0.6) is 0 Å². The Hall–Kier alpha value is -1.79. The normalized spacial score (nSPS) is 24.1. The van der Waals surface area contributed by atoms with Gasteiger partial charge in [-0.2, -0.15) is 13.2 Å². The number of carboxylic acid groups (broad SMARTS) is 1. The van der Waals surface area contributed by atoms with Crippen LogP contribution in [0, 0.1) is 11.3 Å². The van der Waals surface area contributed by atoms with Crippen molar-refractivity contribution in [1.29, 1.82) is 0 Å². The van der Waals surface area contributed by atoms with E-state index in [9.17, 15) is 23.1 Å². The van der Waals surface area contributed by atoms with Gasteiger partial charge in [-0.05, 0) is 25.0 Å². The van der Waals surface area contributed by atoms with E-state index in [1.807, 2.05) is 0 Å². The van der Waals surface area contributed by atoms with E-state index in [4.69, 9.17) is 0 Å². The van der Waals surface area contributed by atoms with Crippen LogP contribution >= 0.6 is 0 Å². The molecule has 1 spiro atoms. The fourth-order valence-electron chi connectivity index (χ4n) is 3.50. The number of aromatic nitrogens is 1. The molecule has 3 rings (SSSR count). The zero-order valence-corrected chi connectivity index (χ0v) is 11.2. The van der Waals surface area contributed by atoms with Gasteiger partial charge in [-0.25, -0.2) is 4.98 Å². The van der Waals surface area contributed by atoms with Crippen molar-refractivity contribution in [2.75, 3.05) is 18.0 Å². The monoisotopic (exact) mass is 300 g/mol. The lowest BCUT2D eigenvalue weighted by molar-refractivity contribution is -0.146. The van der Waals surface area contributed by atoms with Gasteiger partial charge >= 0.3 is 12.1 Å². The maximum atomic E-state index is 13.0. The summed E-state index contributed by atoms with van der Waals surface area (Å²) in [4.78, 5) is 16.4. The number of carboxylic acids is 1. The molecule has 0 radical (unpaired) electrons. The van der Waals surface area contributed by atoms with E-state index in [1.165, 1.54) is 17.0 Å². The number of rotatable bonds is 2. The SMILES string of the molecule is O=C(O)C1CN(c2cccnc2C(F)(F)F)CC12CCC2. The highest BCUT2D eigenvalue weighted by atomic mass is 19.4. The lowest BCUT2D eigenvalue weighted by Crippen LogP contribution is -2.40. The summed E-state index contributed by atoms with van der Waals surface area (Å²) in [5.74, 6) is -1.53. The Morgan fingerprint density at radius 3 is 2.62 bits per heavy atom. The Kier molecular flexibility index (Phi) is 3.11. The molecule has 1 atom stereocenters. The highest BCUT2D eigenvalue weighted by Gasteiger charge is 2.54. The number of aliphatic carboxylic acids is 1. The molecule has 1 aromatic rings. The molecule has 0 amide bonds. The van der Waals surface area contributed by atoms with Gasteiger partial charge in [0.15, 0.2) is 5.69 Å². The first kappa shape index (κ1) is 14.2. The van der Waals surface area contributed by atoms with Crippen molar-refractivity contribution in [3.8, 4) is 0 Å². The lowest BCUT2D eigenvalue weighted by Gasteiger charge is -2.41. The third-order valence-corrected chi connectivity index (χ3v) is 4.69. The molecule has 1 saturated carbocycles. The van der Waals surface area contributed by atoms with E-state index < -0.39 is 23.8 Å². The van der Waals surface area contributed by atoms with Crippen LogP contribution in [-0.4, -0.2) is 29.1 Å². The summed E-state index contributed by atoms with van der Waals surface area (Å²) in [5, 5.41) is 9.34. The van der Waals surface area contributed by atoms with E-state index in [0.29, 0.717) is 6.54 Å². The largest absolute Gasteiger partial charge is 0.481 e. The number of alkyl halides is 3. The number of anilines is 1. The van der Waals surface area contributed by atoms with Crippen LogP contribution in [-0.2, 0) is 11.0 Å². The van der Waals surface area contributed by atoms with Crippen LogP contribution in [0.3, 0.4) is 0 Å². The molecule has 0 aromatic carbocycles. The molecule has 7 heteroatoms. The Bertz CT molecular complexity index is 570. The van der Waals surface area contributed by atoms with E-state index in [2.05, 4.69) is 4.98 Å². The Balaban J connectivity index is 1.95. The Morgan fingerprint density at radius 2 is 2.14 bits per heavy atom. The van der Waals surface area contributed by atoms with Crippen molar-refractivity contribution in [1.82, 2.24) is 4.98 Å². The van der Waals surface area contributed by atoms with E-state index in [0.717, 1.165) is 25.5 Å². The molecule has 1 saturated heterocycles. The summed E-state index contributed by atoms with van der Waals surface area (Å²) in [6.45, 7) is 0.475. The maximum Gasteiger partial charge on any atom is 0.435 e. The minimum absolute atomic E-state index is 0.0139. The van der Waals surface area contributed by atoms with Gasteiger partial charge in [-0.15, -0.1) is 0 Å². The summed E-state index contributed by atoms with van der Waals surface area (Å²) >= 11 is 0. The molecule has 114 valence electrons. The summed E-state index contributed by atoms with van der Waals surface area (Å²) in [5.41, 5.74) is -1.32.